The monoisotopic (exact) mass is 648 g/mol. The fourth-order valence-electron chi connectivity index (χ4n) is 6.36. The average molecular weight is 650 g/mol. The third kappa shape index (κ3) is 6.84. The van der Waals surface area contributed by atoms with Gasteiger partial charge in [-0.1, -0.05) is 36.4 Å². The van der Waals surface area contributed by atoms with Crippen LogP contribution >= 0.6 is 15.9 Å². The Hall–Kier alpha value is -3.54. The predicted molar refractivity (Wildman–Crippen MR) is 167 cm³/mol. The van der Waals surface area contributed by atoms with E-state index in [1.54, 1.807) is 13.2 Å². The molecule has 3 aromatic rings. The van der Waals surface area contributed by atoms with Crippen molar-refractivity contribution in [3.8, 4) is 5.75 Å². The SMILES string of the molecule is CN1C[C@@H](Nc2cnn(C)c(=O)c2Br)C[C@@H](c2ccc(CN3CC(Oc4ccc(C5CCC(=O)NC5=O)cc4)C3)cc2)C1. The Balaban J connectivity index is 0.977. The van der Waals surface area contributed by atoms with Crippen LogP contribution < -0.4 is 20.9 Å². The van der Waals surface area contributed by atoms with Gasteiger partial charge in [0.15, 0.2) is 0 Å². The van der Waals surface area contributed by atoms with E-state index in [2.05, 4.69) is 72.8 Å². The zero-order valence-corrected chi connectivity index (χ0v) is 26.0. The van der Waals surface area contributed by atoms with E-state index in [1.807, 2.05) is 24.3 Å². The lowest BCUT2D eigenvalue weighted by Crippen LogP contribution is -2.53. The van der Waals surface area contributed by atoms with Crippen molar-refractivity contribution in [2.75, 3.05) is 38.5 Å². The van der Waals surface area contributed by atoms with Crippen molar-refractivity contribution in [3.05, 3.63) is 86.2 Å². The number of hydrogen-bond acceptors (Lipinski definition) is 8. The number of imide groups is 1. The number of aromatic nitrogens is 2. The topological polar surface area (TPSA) is 109 Å². The Morgan fingerprint density at radius 2 is 1.70 bits per heavy atom. The zero-order valence-electron chi connectivity index (χ0n) is 24.5. The highest BCUT2D eigenvalue weighted by molar-refractivity contribution is 9.10. The normalized spacial score (nSPS) is 23.5. The maximum absolute atomic E-state index is 12.3. The number of anilines is 1. The molecule has 4 heterocycles. The van der Waals surface area contributed by atoms with Crippen molar-refractivity contribution >= 4 is 33.4 Å². The number of ether oxygens (including phenoxy) is 1. The Kier molecular flexibility index (Phi) is 8.65. The maximum atomic E-state index is 12.3. The van der Waals surface area contributed by atoms with Crippen molar-refractivity contribution in [2.45, 2.75) is 49.8 Å². The van der Waals surface area contributed by atoms with Gasteiger partial charge in [0.05, 0.1) is 17.8 Å². The van der Waals surface area contributed by atoms with Gasteiger partial charge in [-0.25, -0.2) is 4.68 Å². The smallest absolute Gasteiger partial charge is 0.282 e. The molecule has 2 aromatic carbocycles. The van der Waals surface area contributed by atoms with Crippen molar-refractivity contribution in [1.29, 1.82) is 0 Å². The Morgan fingerprint density at radius 3 is 2.42 bits per heavy atom. The van der Waals surface area contributed by atoms with E-state index in [0.717, 1.165) is 56.1 Å². The van der Waals surface area contributed by atoms with E-state index in [-0.39, 0.29) is 35.4 Å². The number of halogens is 1. The molecular formula is C32H37BrN6O4. The van der Waals surface area contributed by atoms with Gasteiger partial charge >= 0.3 is 0 Å². The second-order valence-corrected chi connectivity index (χ2v) is 12.8. The second-order valence-electron chi connectivity index (χ2n) is 12.0. The minimum absolute atomic E-state index is 0.142. The molecule has 0 bridgehead atoms. The van der Waals surface area contributed by atoms with Crippen molar-refractivity contribution < 1.29 is 14.3 Å². The largest absolute Gasteiger partial charge is 0.488 e. The number of rotatable bonds is 8. The number of piperidine rings is 2. The van der Waals surface area contributed by atoms with Gasteiger partial charge in [-0.15, -0.1) is 0 Å². The lowest BCUT2D eigenvalue weighted by Gasteiger charge is -2.39. The van der Waals surface area contributed by atoms with E-state index in [9.17, 15) is 14.4 Å². The van der Waals surface area contributed by atoms with Crippen LogP contribution in [0.5, 0.6) is 5.75 Å². The number of carbonyl (C=O) groups excluding carboxylic acids is 2. The maximum Gasteiger partial charge on any atom is 0.282 e. The van der Waals surface area contributed by atoms with Crippen LogP contribution in [-0.4, -0.2) is 76.8 Å². The van der Waals surface area contributed by atoms with Crippen LogP contribution in [0.3, 0.4) is 0 Å². The van der Waals surface area contributed by atoms with Crippen molar-refractivity contribution in [2.24, 2.45) is 7.05 Å². The molecule has 0 saturated carbocycles. The molecule has 226 valence electrons. The molecule has 1 aromatic heterocycles. The number of carbonyl (C=O) groups is 2. The van der Waals surface area contributed by atoms with Crippen LogP contribution in [0.1, 0.15) is 47.8 Å². The van der Waals surface area contributed by atoms with Gasteiger partial charge in [0.1, 0.15) is 16.3 Å². The van der Waals surface area contributed by atoms with Gasteiger partial charge in [-0.3, -0.25) is 24.6 Å². The number of likely N-dealkylation sites (N-methyl/N-ethyl adjacent to an activating group) is 1. The van der Waals surface area contributed by atoms with Crippen molar-refractivity contribution in [3.63, 3.8) is 0 Å². The van der Waals surface area contributed by atoms with Gasteiger partial charge in [0.2, 0.25) is 11.8 Å². The number of amides is 2. The quantitative estimate of drug-likeness (QED) is 0.359. The molecule has 0 aliphatic carbocycles. The minimum Gasteiger partial charge on any atom is -0.488 e. The van der Waals surface area contributed by atoms with Gasteiger partial charge < -0.3 is 15.0 Å². The lowest BCUT2D eigenvalue weighted by molar-refractivity contribution is -0.134. The molecule has 3 atom stereocenters. The van der Waals surface area contributed by atoms with E-state index < -0.39 is 0 Å². The molecule has 10 nitrogen and oxygen atoms in total. The molecule has 1 unspecified atom stereocenters. The van der Waals surface area contributed by atoms with E-state index in [4.69, 9.17) is 4.74 Å². The van der Waals surface area contributed by atoms with Crippen LogP contribution in [0.4, 0.5) is 5.69 Å². The van der Waals surface area contributed by atoms with Crippen LogP contribution in [0.15, 0.2) is 64.0 Å². The number of aryl methyl sites for hydroxylation is 1. The third-order valence-corrected chi connectivity index (χ3v) is 9.44. The Labute approximate surface area is 259 Å². The molecule has 3 aliphatic rings. The first kappa shape index (κ1) is 29.5. The molecule has 0 radical (unpaired) electrons. The number of nitrogens with one attached hydrogen (secondary N) is 2. The highest BCUT2D eigenvalue weighted by atomic mass is 79.9. The van der Waals surface area contributed by atoms with Crippen LogP contribution in [0.25, 0.3) is 0 Å². The molecule has 43 heavy (non-hydrogen) atoms. The molecular weight excluding hydrogens is 612 g/mol. The fourth-order valence-corrected chi connectivity index (χ4v) is 6.83. The molecule has 2 N–H and O–H groups in total. The summed E-state index contributed by atoms with van der Waals surface area (Å²) < 4.78 is 7.99. The molecule has 3 saturated heterocycles. The first-order valence-electron chi connectivity index (χ1n) is 14.8. The minimum atomic E-state index is -0.277. The number of hydrogen-bond donors (Lipinski definition) is 2. The van der Waals surface area contributed by atoms with E-state index in [1.165, 1.54) is 15.8 Å². The summed E-state index contributed by atoms with van der Waals surface area (Å²) in [7, 11) is 3.79. The van der Waals surface area contributed by atoms with E-state index in [0.29, 0.717) is 23.2 Å². The number of benzene rings is 2. The first-order valence-corrected chi connectivity index (χ1v) is 15.6. The molecule has 2 amide bonds. The summed E-state index contributed by atoms with van der Waals surface area (Å²) in [4.78, 5) is 40.5. The molecule has 11 heteroatoms. The summed E-state index contributed by atoms with van der Waals surface area (Å²) in [6.45, 7) is 4.51. The standard InChI is InChI=1S/C32H37BrN6O4/c1-37-16-23(13-24(17-37)35-28-14-34-38(2)32(42)30(28)33)21-5-3-20(4-6-21)15-39-18-26(19-39)43-25-9-7-22(8-10-25)27-11-12-29(40)36-31(27)41/h3-10,14,23-24,26-27,35H,11-13,15-19H2,1-2H3,(H,36,40,41)/t23-,24+,27?/m1/s1. The molecule has 3 fully saturated rings. The van der Waals surface area contributed by atoms with Crippen molar-refractivity contribution in [1.82, 2.24) is 24.9 Å². The van der Waals surface area contributed by atoms with Crippen LogP contribution in [-0.2, 0) is 23.2 Å². The average Bonchev–Trinajstić information content (AvgIpc) is 2.97. The summed E-state index contributed by atoms with van der Waals surface area (Å²) in [6.07, 6.45) is 3.75. The zero-order chi connectivity index (χ0) is 30.1. The summed E-state index contributed by atoms with van der Waals surface area (Å²) >= 11 is 3.43. The number of nitrogens with zero attached hydrogens (tertiary/aromatic N) is 4. The predicted octanol–water partition coefficient (Wildman–Crippen LogP) is 3.23. The van der Waals surface area contributed by atoms with Gasteiger partial charge in [-0.05, 0) is 70.6 Å². The fraction of sp³-hybridized carbons (Fsp3) is 0.438. The van der Waals surface area contributed by atoms with Gasteiger partial charge in [0, 0.05) is 52.2 Å². The number of likely N-dealkylation sites (tertiary alicyclic amines) is 2. The highest BCUT2D eigenvalue weighted by Crippen LogP contribution is 2.31. The molecule has 6 rings (SSSR count). The van der Waals surface area contributed by atoms with Gasteiger partial charge in [-0.2, -0.15) is 5.10 Å². The second kappa shape index (κ2) is 12.6. The summed E-state index contributed by atoms with van der Waals surface area (Å²) in [6, 6.07) is 16.9. The molecule has 3 aliphatic heterocycles. The summed E-state index contributed by atoms with van der Waals surface area (Å²) in [5, 5.41) is 10.1. The first-order chi connectivity index (χ1) is 20.7. The Morgan fingerprint density at radius 1 is 0.977 bits per heavy atom. The highest BCUT2D eigenvalue weighted by Gasteiger charge is 2.31. The Bertz CT molecular complexity index is 1540. The van der Waals surface area contributed by atoms with Gasteiger partial charge in [0.25, 0.3) is 5.56 Å². The third-order valence-electron chi connectivity index (χ3n) is 8.68. The summed E-state index contributed by atoms with van der Waals surface area (Å²) in [5.41, 5.74) is 4.11. The van der Waals surface area contributed by atoms with Crippen LogP contribution in [0.2, 0.25) is 0 Å². The lowest BCUT2D eigenvalue weighted by atomic mass is 9.87. The summed E-state index contributed by atoms with van der Waals surface area (Å²) in [5.74, 6) is 0.501. The van der Waals surface area contributed by atoms with Crippen LogP contribution in [0, 0.1) is 0 Å². The molecule has 0 spiro atoms. The van der Waals surface area contributed by atoms with E-state index >= 15 is 0 Å².